The first kappa shape index (κ1) is 18.6. The maximum absolute atomic E-state index is 13.1. The maximum atomic E-state index is 13.1. The molecule has 2 aromatic carbocycles. The van der Waals surface area contributed by atoms with Gasteiger partial charge < -0.3 is 0 Å². The monoisotopic (exact) mass is 349 g/mol. The molecule has 0 fully saturated rings. The van der Waals surface area contributed by atoms with Crippen LogP contribution in [0.2, 0.25) is 0 Å². The van der Waals surface area contributed by atoms with Crippen LogP contribution in [0.25, 0.3) is 0 Å². The van der Waals surface area contributed by atoms with Crippen molar-refractivity contribution in [3.05, 3.63) is 65.5 Å². The van der Waals surface area contributed by atoms with E-state index in [1.165, 1.54) is 12.1 Å². The maximum Gasteiger partial charge on any atom is 0.240 e. The Morgan fingerprint density at radius 3 is 2.25 bits per heavy atom. The van der Waals surface area contributed by atoms with Crippen LogP contribution in [0.3, 0.4) is 0 Å². The molecule has 130 valence electrons. The Morgan fingerprint density at radius 2 is 1.67 bits per heavy atom. The highest BCUT2D eigenvalue weighted by atomic mass is 32.2. The number of halogens is 1. The topological polar surface area (TPSA) is 46.2 Å². The van der Waals surface area contributed by atoms with E-state index >= 15 is 0 Å². The molecule has 3 nitrogen and oxygen atoms in total. The van der Waals surface area contributed by atoms with Gasteiger partial charge in [-0.2, -0.15) is 0 Å². The molecule has 1 atom stereocenters. The first-order valence-electron chi connectivity index (χ1n) is 8.24. The quantitative estimate of drug-likeness (QED) is 0.768. The van der Waals surface area contributed by atoms with Crippen LogP contribution in [-0.4, -0.2) is 15.0 Å². The summed E-state index contributed by atoms with van der Waals surface area (Å²) < 4.78 is 40.7. The Labute approximate surface area is 144 Å². The number of hydrogen-bond donors (Lipinski definition) is 1. The van der Waals surface area contributed by atoms with Gasteiger partial charge in [-0.25, -0.2) is 17.5 Å². The number of unbranched alkanes of at least 4 members (excludes halogenated alkanes) is 1. The molecule has 0 amide bonds. The third-order valence-corrected chi connectivity index (χ3v) is 5.54. The zero-order valence-electron chi connectivity index (χ0n) is 14.1. The van der Waals surface area contributed by atoms with E-state index in [4.69, 9.17) is 0 Å². The summed E-state index contributed by atoms with van der Waals surface area (Å²) in [5.41, 5.74) is 1.97. The normalized spacial score (nSPS) is 13.0. The van der Waals surface area contributed by atoms with E-state index in [0.717, 1.165) is 30.4 Å². The number of aryl methyl sites for hydroxylation is 1. The zero-order chi connectivity index (χ0) is 17.6. The molecule has 1 unspecified atom stereocenters. The molecule has 0 aliphatic carbocycles. The van der Waals surface area contributed by atoms with Crippen LogP contribution < -0.4 is 4.72 Å². The first-order valence-corrected chi connectivity index (χ1v) is 9.72. The summed E-state index contributed by atoms with van der Waals surface area (Å²) in [7, 11) is -3.54. The average molecular weight is 349 g/mol. The Bertz CT molecular complexity index is 740. The lowest BCUT2D eigenvalue weighted by Gasteiger charge is -2.18. The second-order valence-electron chi connectivity index (χ2n) is 6.06. The van der Waals surface area contributed by atoms with Gasteiger partial charge in [-0.1, -0.05) is 49.6 Å². The molecule has 24 heavy (non-hydrogen) atoms. The van der Waals surface area contributed by atoms with Gasteiger partial charge in [0, 0.05) is 6.54 Å². The molecule has 0 radical (unpaired) electrons. The van der Waals surface area contributed by atoms with Crippen molar-refractivity contribution in [2.75, 3.05) is 6.54 Å². The fourth-order valence-corrected chi connectivity index (χ4v) is 3.66. The average Bonchev–Trinajstić information content (AvgIpc) is 2.56. The number of rotatable bonds is 8. The lowest BCUT2D eigenvalue weighted by molar-refractivity contribution is 0.545. The largest absolute Gasteiger partial charge is 0.240 e. The summed E-state index contributed by atoms with van der Waals surface area (Å²) in [6, 6.07) is 13.1. The minimum Gasteiger partial charge on any atom is -0.211 e. The van der Waals surface area contributed by atoms with E-state index in [9.17, 15) is 12.8 Å². The second-order valence-corrected chi connectivity index (χ2v) is 7.82. The first-order chi connectivity index (χ1) is 11.4. The number of benzene rings is 2. The van der Waals surface area contributed by atoms with E-state index in [1.807, 2.05) is 6.92 Å². The van der Waals surface area contributed by atoms with Gasteiger partial charge in [0.15, 0.2) is 0 Å². The standard InChI is InChI=1S/C19H24FNO2S/c1-3-4-5-17(16-8-10-18(20)11-9-16)14-21-24(22,23)19-12-6-15(2)7-13-19/h6-13,17,21H,3-5,14H2,1-2H3. The van der Waals surface area contributed by atoms with Gasteiger partial charge in [0.25, 0.3) is 0 Å². The molecule has 2 aromatic rings. The lowest BCUT2D eigenvalue weighted by Crippen LogP contribution is -2.28. The van der Waals surface area contributed by atoms with Gasteiger partial charge in [0.1, 0.15) is 5.82 Å². The SMILES string of the molecule is CCCCC(CNS(=O)(=O)c1ccc(C)cc1)c1ccc(F)cc1. The molecular weight excluding hydrogens is 325 g/mol. The Kier molecular flexibility index (Phi) is 6.52. The van der Waals surface area contributed by atoms with Crippen LogP contribution in [0.15, 0.2) is 53.4 Å². The summed E-state index contributed by atoms with van der Waals surface area (Å²) in [6.07, 6.45) is 2.88. The van der Waals surface area contributed by atoms with Crippen molar-refractivity contribution in [2.45, 2.75) is 43.9 Å². The molecule has 2 rings (SSSR count). The van der Waals surface area contributed by atoms with E-state index in [2.05, 4.69) is 11.6 Å². The molecular formula is C19H24FNO2S. The predicted molar refractivity (Wildman–Crippen MR) is 95.0 cm³/mol. The van der Waals surface area contributed by atoms with E-state index in [-0.39, 0.29) is 16.6 Å². The number of nitrogens with one attached hydrogen (secondary N) is 1. The third-order valence-electron chi connectivity index (χ3n) is 4.10. The highest BCUT2D eigenvalue weighted by molar-refractivity contribution is 7.89. The Hall–Kier alpha value is -1.72. The molecule has 0 saturated carbocycles. The predicted octanol–water partition coefficient (Wildman–Crippen LogP) is 4.39. The van der Waals surface area contributed by atoms with Crippen LogP contribution in [0.1, 0.15) is 43.2 Å². The van der Waals surface area contributed by atoms with Crippen LogP contribution in [0.4, 0.5) is 4.39 Å². The van der Waals surface area contributed by atoms with Gasteiger partial charge in [-0.3, -0.25) is 0 Å². The molecule has 0 bridgehead atoms. The Morgan fingerprint density at radius 1 is 1.04 bits per heavy atom. The van der Waals surface area contributed by atoms with Crippen molar-refractivity contribution in [2.24, 2.45) is 0 Å². The molecule has 0 aromatic heterocycles. The number of sulfonamides is 1. The molecule has 0 saturated heterocycles. The van der Waals surface area contributed by atoms with Crippen molar-refractivity contribution in [1.82, 2.24) is 4.72 Å². The van der Waals surface area contributed by atoms with Crippen molar-refractivity contribution in [3.8, 4) is 0 Å². The van der Waals surface area contributed by atoms with Gasteiger partial charge in [0.05, 0.1) is 4.90 Å². The van der Waals surface area contributed by atoms with Gasteiger partial charge in [-0.15, -0.1) is 0 Å². The molecule has 0 heterocycles. The summed E-state index contributed by atoms with van der Waals surface area (Å²) in [6.45, 7) is 4.32. The van der Waals surface area contributed by atoms with Crippen LogP contribution >= 0.6 is 0 Å². The Balaban J connectivity index is 2.11. The second kappa shape index (κ2) is 8.40. The minimum atomic E-state index is -3.54. The van der Waals surface area contributed by atoms with E-state index in [0.29, 0.717) is 6.54 Å². The van der Waals surface area contributed by atoms with Crippen LogP contribution in [-0.2, 0) is 10.0 Å². The summed E-state index contributed by atoms with van der Waals surface area (Å²) in [5.74, 6) is -0.251. The van der Waals surface area contributed by atoms with Crippen molar-refractivity contribution in [1.29, 1.82) is 0 Å². The summed E-state index contributed by atoms with van der Waals surface area (Å²) in [4.78, 5) is 0.265. The molecule has 1 N–H and O–H groups in total. The van der Waals surface area contributed by atoms with Gasteiger partial charge in [0.2, 0.25) is 10.0 Å². The summed E-state index contributed by atoms with van der Waals surface area (Å²) >= 11 is 0. The van der Waals surface area contributed by atoms with Crippen LogP contribution in [0, 0.1) is 12.7 Å². The number of hydrogen-bond acceptors (Lipinski definition) is 2. The fraction of sp³-hybridized carbons (Fsp3) is 0.368. The molecule has 0 aliphatic rings. The van der Waals surface area contributed by atoms with E-state index in [1.54, 1.807) is 36.4 Å². The van der Waals surface area contributed by atoms with Crippen molar-refractivity contribution in [3.63, 3.8) is 0 Å². The molecule has 5 heteroatoms. The third kappa shape index (κ3) is 5.14. The van der Waals surface area contributed by atoms with Gasteiger partial charge in [-0.05, 0) is 49.1 Å². The van der Waals surface area contributed by atoms with Crippen LogP contribution in [0.5, 0.6) is 0 Å². The molecule has 0 aliphatic heterocycles. The fourth-order valence-electron chi connectivity index (χ4n) is 2.58. The summed E-state index contributed by atoms with van der Waals surface area (Å²) in [5, 5.41) is 0. The lowest BCUT2D eigenvalue weighted by atomic mass is 9.94. The van der Waals surface area contributed by atoms with Gasteiger partial charge >= 0.3 is 0 Å². The highest BCUT2D eigenvalue weighted by Crippen LogP contribution is 2.22. The minimum absolute atomic E-state index is 0.0331. The molecule has 0 spiro atoms. The highest BCUT2D eigenvalue weighted by Gasteiger charge is 2.18. The van der Waals surface area contributed by atoms with Crippen molar-refractivity contribution >= 4 is 10.0 Å². The smallest absolute Gasteiger partial charge is 0.211 e. The zero-order valence-corrected chi connectivity index (χ0v) is 14.9. The van der Waals surface area contributed by atoms with Crippen molar-refractivity contribution < 1.29 is 12.8 Å². The van der Waals surface area contributed by atoms with E-state index < -0.39 is 10.0 Å².